The summed E-state index contributed by atoms with van der Waals surface area (Å²) >= 11 is 0. The molecule has 0 saturated heterocycles. The monoisotopic (exact) mass is 204 g/mol. The number of hydrogen-bond donors (Lipinski definition) is 1. The molecule has 1 aliphatic rings. The van der Waals surface area contributed by atoms with Gasteiger partial charge in [-0.1, -0.05) is 19.1 Å². The van der Waals surface area contributed by atoms with Gasteiger partial charge in [0.1, 0.15) is 0 Å². The Bertz CT molecular complexity index is 391. The van der Waals surface area contributed by atoms with Crippen LogP contribution < -0.4 is 0 Å². The normalized spacial score (nSPS) is 29.3. The zero-order chi connectivity index (χ0) is 11.2. The van der Waals surface area contributed by atoms with Gasteiger partial charge in [-0.2, -0.15) is 0 Å². The molecule has 2 unspecified atom stereocenters. The first kappa shape index (κ1) is 10.7. The van der Waals surface area contributed by atoms with Gasteiger partial charge < -0.3 is 5.11 Å². The maximum atomic E-state index is 9.57. The molecule has 2 atom stereocenters. The number of aliphatic hydroxyl groups is 1. The molecule has 1 aromatic carbocycles. The summed E-state index contributed by atoms with van der Waals surface area (Å²) in [6.07, 6.45) is 1.13. The lowest BCUT2D eigenvalue weighted by Crippen LogP contribution is -2.16. The van der Waals surface area contributed by atoms with Gasteiger partial charge in [-0.25, -0.2) is 0 Å². The van der Waals surface area contributed by atoms with Crippen LogP contribution in [0.2, 0.25) is 0 Å². The smallest absolute Gasteiger partial charge is 0.0530 e. The number of aryl methyl sites for hydroxylation is 3. The van der Waals surface area contributed by atoms with E-state index in [1.165, 1.54) is 22.3 Å². The Labute approximate surface area is 92.1 Å². The van der Waals surface area contributed by atoms with Crippen LogP contribution in [0.15, 0.2) is 12.1 Å². The standard InChI is InChI=1S/C14H20O/c1-9-5-11(3)13(6-10(9)2)14(8-15)7-12(14)4/h5-6,12,15H,7-8H2,1-4H3. The van der Waals surface area contributed by atoms with E-state index >= 15 is 0 Å². The van der Waals surface area contributed by atoms with Crippen LogP contribution in [-0.4, -0.2) is 11.7 Å². The lowest BCUT2D eigenvalue weighted by Gasteiger charge is -2.18. The molecule has 2 rings (SSSR count). The van der Waals surface area contributed by atoms with E-state index in [4.69, 9.17) is 0 Å². The number of aliphatic hydroxyl groups excluding tert-OH is 1. The molecule has 0 radical (unpaired) electrons. The molecule has 0 bridgehead atoms. The van der Waals surface area contributed by atoms with Crippen LogP contribution in [0.1, 0.15) is 35.6 Å². The van der Waals surface area contributed by atoms with Crippen molar-refractivity contribution in [2.45, 2.75) is 39.5 Å². The summed E-state index contributed by atoms with van der Waals surface area (Å²) in [6.45, 7) is 8.97. The predicted molar refractivity (Wildman–Crippen MR) is 63.2 cm³/mol. The topological polar surface area (TPSA) is 20.2 Å². The summed E-state index contributed by atoms with van der Waals surface area (Å²) in [6, 6.07) is 4.51. The van der Waals surface area contributed by atoms with Gasteiger partial charge in [0.15, 0.2) is 0 Å². The minimum Gasteiger partial charge on any atom is -0.395 e. The van der Waals surface area contributed by atoms with E-state index in [1.54, 1.807) is 0 Å². The summed E-state index contributed by atoms with van der Waals surface area (Å²) in [5, 5.41) is 9.57. The predicted octanol–water partition coefficient (Wildman–Crippen LogP) is 2.88. The fraction of sp³-hybridized carbons (Fsp3) is 0.571. The molecule has 1 fully saturated rings. The highest BCUT2D eigenvalue weighted by Crippen LogP contribution is 2.54. The van der Waals surface area contributed by atoms with E-state index in [9.17, 15) is 5.11 Å². The second-order valence-electron chi connectivity index (χ2n) is 5.17. The van der Waals surface area contributed by atoms with E-state index in [1.807, 2.05) is 0 Å². The molecule has 0 aromatic heterocycles. The number of rotatable bonds is 2. The average molecular weight is 204 g/mol. The van der Waals surface area contributed by atoms with E-state index in [0.29, 0.717) is 5.92 Å². The molecule has 1 nitrogen and oxygen atoms in total. The minimum absolute atomic E-state index is 0.0720. The summed E-state index contributed by atoms with van der Waals surface area (Å²) in [4.78, 5) is 0. The number of benzene rings is 1. The molecule has 0 heterocycles. The van der Waals surface area contributed by atoms with E-state index in [0.717, 1.165) is 6.42 Å². The van der Waals surface area contributed by atoms with Gasteiger partial charge in [-0.15, -0.1) is 0 Å². The average Bonchev–Trinajstić information content (AvgIpc) is 2.84. The van der Waals surface area contributed by atoms with Crippen LogP contribution in [0.3, 0.4) is 0 Å². The third kappa shape index (κ3) is 1.50. The van der Waals surface area contributed by atoms with Crippen molar-refractivity contribution in [3.05, 3.63) is 34.4 Å². The third-order valence-corrected chi connectivity index (χ3v) is 4.11. The summed E-state index contributed by atoms with van der Waals surface area (Å²) in [5.74, 6) is 0.628. The van der Waals surface area contributed by atoms with E-state index in [-0.39, 0.29) is 12.0 Å². The van der Waals surface area contributed by atoms with Gasteiger partial charge in [0.2, 0.25) is 0 Å². The van der Waals surface area contributed by atoms with Gasteiger partial charge in [-0.05, 0) is 55.4 Å². The van der Waals surface area contributed by atoms with Crippen molar-refractivity contribution in [2.24, 2.45) is 5.92 Å². The fourth-order valence-electron chi connectivity index (χ4n) is 2.67. The second-order valence-corrected chi connectivity index (χ2v) is 5.17. The maximum absolute atomic E-state index is 9.57. The van der Waals surface area contributed by atoms with Crippen LogP contribution in [-0.2, 0) is 5.41 Å². The second kappa shape index (κ2) is 3.34. The van der Waals surface area contributed by atoms with Crippen molar-refractivity contribution in [1.29, 1.82) is 0 Å². The highest BCUT2D eigenvalue weighted by molar-refractivity contribution is 5.44. The van der Waals surface area contributed by atoms with Gasteiger partial charge in [0.05, 0.1) is 6.61 Å². The lowest BCUT2D eigenvalue weighted by molar-refractivity contribution is 0.246. The molecule has 1 N–H and O–H groups in total. The quantitative estimate of drug-likeness (QED) is 0.785. The van der Waals surface area contributed by atoms with Crippen molar-refractivity contribution >= 4 is 0 Å². The van der Waals surface area contributed by atoms with Gasteiger partial charge >= 0.3 is 0 Å². The summed E-state index contributed by atoms with van der Waals surface area (Å²) in [5.41, 5.74) is 5.44. The Morgan fingerprint density at radius 2 is 1.73 bits per heavy atom. The Hall–Kier alpha value is -0.820. The summed E-state index contributed by atoms with van der Waals surface area (Å²) < 4.78 is 0. The van der Waals surface area contributed by atoms with Crippen LogP contribution in [0.25, 0.3) is 0 Å². The maximum Gasteiger partial charge on any atom is 0.0530 e. The van der Waals surface area contributed by atoms with Gasteiger partial charge in [0, 0.05) is 5.41 Å². The van der Waals surface area contributed by atoms with E-state index < -0.39 is 0 Å². The first-order valence-corrected chi connectivity index (χ1v) is 5.70. The SMILES string of the molecule is Cc1cc(C)c(C2(CO)CC2C)cc1C. The van der Waals surface area contributed by atoms with E-state index in [2.05, 4.69) is 39.8 Å². The van der Waals surface area contributed by atoms with Crippen LogP contribution in [0, 0.1) is 26.7 Å². The fourth-order valence-corrected chi connectivity index (χ4v) is 2.67. The third-order valence-electron chi connectivity index (χ3n) is 4.11. The van der Waals surface area contributed by atoms with Crippen molar-refractivity contribution in [3.63, 3.8) is 0 Å². The minimum atomic E-state index is 0.0720. The first-order chi connectivity index (χ1) is 7.01. The van der Waals surface area contributed by atoms with Crippen LogP contribution in [0.5, 0.6) is 0 Å². The molecule has 1 aliphatic carbocycles. The Morgan fingerprint density at radius 1 is 1.20 bits per heavy atom. The Balaban J connectivity index is 2.49. The Morgan fingerprint density at radius 3 is 2.20 bits per heavy atom. The molecule has 0 spiro atoms. The highest BCUT2D eigenvalue weighted by Gasteiger charge is 2.52. The first-order valence-electron chi connectivity index (χ1n) is 5.70. The van der Waals surface area contributed by atoms with Crippen molar-refractivity contribution in [1.82, 2.24) is 0 Å². The van der Waals surface area contributed by atoms with Crippen LogP contribution in [0.4, 0.5) is 0 Å². The molecule has 0 aliphatic heterocycles. The molecule has 0 amide bonds. The zero-order valence-corrected chi connectivity index (χ0v) is 10.1. The molecular weight excluding hydrogens is 184 g/mol. The van der Waals surface area contributed by atoms with Gasteiger partial charge in [0.25, 0.3) is 0 Å². The van der Waals surface area contributed by atoms with Crippen molar-refractivity contribution in [3.8, 4) is 0 Å². The molecule has 1 saturated carbocycles. The molecule has 82 valence electrons. The van der Waals surface area contributed by atoms with Crippen molar-refractivity contribution < 1.29 is 5.11 Å². The largest absolute Gasteiger partial charge is 0.395 e. The van der Waals surface area contributed by atoms with Gasteiger partial charge in [-0.3, -0.25) is 0 Å². The molecule has 1 heteroatoms. The molecule has 1 aromatic rings. The van der Waals surface area contributed by atoms with Crippen LogP contribution >= 0.6 is 0 Å². The van der Waals surface area contributed by atoms with Crippen molar-refractivity contribution in [2.75, 3.05) is 6.61 Å². The zero-order valence-electron chi connectivity index (χ0n) is 10.1. The molecular formula is C14H20O. The summed E-state index contributed by atoms with van der Waals surface area (Å²) in [7, 11) is 0. The highest BCUT2D eigenvalue weighted by atomic mass is 16.3. The number of hydrogen-bond acceptors (Lipinski definition) is 1. The molecule has 15 heavy (non-hydrogen) atoms. The Kier molecular flexibility index (Phi) is 2.38. The lowest BCUT2D eigenvalue weighted by atomic mass is 9.88.